The number of hydrogen-bond acceptors (Lipinski definition) is 3. The fourth-order valence-corrected chi connectivity index (χ4v) is 1.78. The van der Waals surface area contributed by atoms with Gasteiger partial charge in [0.25, 0.3) is 0 Å². The lowest BCUT2D eigenvalue weighted by Crippen LogP contribution is -2.16. The first-order chi connectivity index (χ1) is 6.33. The quantitative estimate of drug-likeness (QED) is 0.731. The van der Waals surface area contributed by atoms with Gasteiger partial charge in [0.2, 0.25) is 0 Å². The molecule has 0 aliphatic heterocycles. The molecule has 0 heterocycles. The molecule has 3 heteroatoms. The van der Waals surface area contributed by atoms with E-state index >= 15 is 0 Å². The van der Waals surface area contributed by atoms with Gasteiger partial charge >= 0.3 is 0 Å². The van der Waals surface area contributed by atoms with E-state index in [9.17, 15) is 5.11 Å². The van der Waals surface area contributed by atoms with Crippen LogP contribution in [-0.2, 0) is 4.74 Å². The van der Waals surface area contributed by atoms with Crippen molar-refractivity contribution in [2.75, 3.05) is 19.5 Å². The van der Waals surface area contributed by atoms with Crippen LogP contribution < -0.4 is 0 Å². The first-order valence-electron chi connectivity index (χ1n) is 4.18. The molecule has 0 spiro atoms. The number of rotatable bonds is 5. The zero-order chi connectivity index (χ0) is 9.52. The van der Waals surface area contributed by atoms with Crippen molar-refractivity contribution in [2.45, 2.75) is 11.0 Å². The molecule has 72 valence electrons. The maximum Gasteiger partial charge on any atom is 0.0867 e. The van der Waals surface area contributed by atoms with Gasteiger partial charge in [-0.15, -0.1) is 11.8 Å². The van der Waals surface area contributed by atoms with Crippen molar-refractivity contribution in [3.05, 3.63) is 30.3 Å². The summed E-state index contributed by atoms with van der Waals surface area (Å²) in [7, 11) is 1.59. The molecule has 0 saturated heterocycles. The second-order valence-corrected chi connectivity index (χ2v) is 3.83. The molecule has 1 unspecified atom stereocenters. The number of aliphatic hydroxyl groups excluding tert-OH is 1. The standard InChI is InChI=1S/C10H14O2S/c1-12-7-9(11)8-13-10-5-3-2-4-6-10/h2-6,9,11H,7-8H2,1H3. The lowest BCUT2D eigenvalue weighted by Gasteiger charge is -2.08. The maximum atomic E-state index is 9.36. The third-order valence-corrected chi connectivity index (χ3v) is 2.70. The predicted octanol–water partition coefficient (Wildman–Crippen LogP) is 1.79. The van der Waals surface area contributed by atoms with Gasteiger partial charge in [-0.3, -0.25) is 0 Å². The molecule has 0 aromatic heterocycles. The molecule has 0 radical (unpaired) electrons. The summed E-state index contributed by atoms with van der Waals surface area (Å²) in [6.07, 6.45) is -0.379. The van der Waals surface area contributed by atoms with E-state index < -0.39 is 0 Å². The van der Waals surface area contributed by atoms with Crippen molar-refractivity contribution in [1.82, 2.24) is 0 Å². The highest BCUT2D eigenvalue weighted by Crippen LogP contribution is 2.17. The molecule has 1 rings (SSSR count). The number of methoxy groups -OCH3 is 1. The van der Waals surface area contributed by atoms with Gasteiger partial charge in [-0.1, -0.05) is 18.2 Å². The minimum Gasteiger partial charge on any atom is -0.390 e. The van der Waals surface area contributed by atoms with Crippen molar-refractivity contribution in [3.8, 4) is 0 Å². The number of benzene rings is 1. The second kappa shape index (κ2) is 6.02. The van der Waals surface area contributed by atoms with Crippen molar-refractivity contribution in [1.29, 1.82) is 0 Å². The van der Waals surface area contributed by atoms with Crippen LogP contribution in [0.3, 0.4) is 0 Å². The summed E-state index contributed by atoms with van der Waals surface area (Å²) in [5.41, 5.74) is 0. The van der Waals surface area contributed by atoms with E-state index in [0.717, 1.165) is 0 Å². The molecule has 1 atom stereocenters. The van der Waals surface area contributed by atoms with E-state index in [2.05, 4.69) is 0 Å². The van der Waals surface area contributed by atoms with E-state index in [-0.39, 0.29) is 6.10 Å². The fourth-order valence-electron chi connectivity index (χ4n) is 0.950. The molecule has 1 aromatic carbocycles. The highest BCUT2D eigenvalue weighted by atomic mass is 32.2. The van der Waals surface area contributed by atoms with Crippen LogP contribution in [0.25, 0.3) is 0 Å². The van der Waals surface area contributed by atoms with Crippen molar-refractivity contribution >= 4 is 11.8 Å². The average Bonchev–Trinajstić information content (AvgIpc) is 2.17. The van der Waals surface area contributed by atoms with Gasteiger partial charge in [-0.05, 0) is 12.1 Å². The van der Waals surface area contributed by atoms with Crippen LogP contribution in [0.2, 0.25) is 0 Å². The van der Waals surface area contributed by atoms with Gasteiger partial charge in [-0.2, -0.15) is 0 Å². The Bertz CT molecular complexity index is 226. The van der Waals surface area contributed by atoms with E-state index in [1.807, 2.05) is 30.3 Å². The molecule has 0 fully saturated rings. The largest absolute Gasteiger partial charge is 0.390 e. The second-order valence-electron chi connectivity index (χ2n) is 2.73. The number of ether oxygens (including phenoxy) is 1. The van der Waals surface area contributed by atoms with Gasteiger partial charge in [0.1, 0.15) is 0 Å². The van der Waals surface area contributed by atoms with Gasteiger partial charge in [-0.25, -0.2) is 0 Å². The van der Waals surface area contributed by atoms with Gasteiger partial charge < -0.3 is 9.84 Å². The Morgan fingerprint density at radius 1 is 1.38 bits per heavy atom. The lowest BCUT2D eigenvalue weighted by molar-refractivity contribution is 0.0794. The molecule has 1 aromatic rings. The highest BCUT2D eigenvalue weighted by molar-refractivity contribution is 7.99. The topological polar surface area (TPSA) is 29.5 Å². The molecule has 0 amide bonds. The molecular weight excluding hydrogens is 184 g/mol. The molecule has 0 bridgehead atoms. The van der Waals surface area contributed by atoms with Crippen LogP contribution >= 0.6 is 11.8 Å². The number of thioether (sulfide) groups is 1. The van der Waals surface area contributed by atoms with Crippen LogP contribution in [0.15, 0.2) is 35.2 Å². The van der Waals surface area contributed by atoms with Gasteiger partial charge in [0.15, 0.2) is 0 Å². The Morgan fingerprint density at radius 2 is 2.08 bits per heavy atom. The third kappa shape index (κ3) is 4.31. The van der Waals surface area contributed by atoms with Crippen LogP contribution in [0.4, 0.5) is 0 Å². The van der Waals surface area contributed by atoms with Crippen LogP contribution in [0.1, 0.15) is 0 Å². The molecule has 1 N–H and O–H groups in total. The molecular formula is C10H14O2S. The van der Waals surface area contributed by atoms with Crippen LogP contribution in [-0.4, -0.2) is 30.7 Å². The SMILES string of the molecule is COCC(O)CSc1ccccc1. The number of aliphatic hydroxyl groups is 1. The Morgan fingerprint density at radius 3 is 2.69 bits per heavy atom. The molecule has 0 aliphatic carbocycles. The smallest absolute Gasteiger partial charge is 0.0867 e. The normalized spacial score (nSPS) is 12.8. The molecule has 0 aliphatic rings. The summed E-state index contributed by atoms with van der Waals surface area (Å²) in [6, 6.07) is 10.0. The minimum atomic E-state index is -0.379. The van der Waals surface area contributed by atoms with Crippen molar-refractivity contribution < 1.29 is 9.84 Å². The summed E-state index contributed by atoms with van der Waals surface area (Å²) in [5.74, 6) is 0.678. The predicted molar refractivity (Wildman–Crippen MR) is 55.0 cm³/mol. The molecule has 0 saturated carbocycles. The summed E-state index contributed by atoms with van der Waals surface area (Å²) in [6.45, 7) is 0.403. The van der Waals surface area contributed by atoms with Crippen LogP contribution in [0, 0.1) is 0 Å². The average molecular weight is 198 g/mol. The monoisotopic (exact) mass is 198 g/mol. The minimum absolute atomic E-state index is 0.379. The van der Waals surface area contributed by atoms with Crippen molar-refractivity contribution in [3.63, 3.8) is 0 Å². The fraction of sp³-hybridized carbons (Fsp3) is 0.400. The Hall–Kier alpha value is -0.510. The summed E-state index contributed by atoms with van der Waals surface area (Å²) in [5, 5.41) is 9.36. The summed E-state index contributed by atoms with van der Waals surface area (Å²) < 4.78 is 4.83. The summed E-state index contributed by atoms with van der Waals surface area (Å²) in [4.78, 5) is 1.18. The Balaban J connectivity index is 2.27. The zero-order valence-corrected chi connectivity index (χ0v) is 8.46. The Labute approximate surface area is 82.9 Å². The first-order valence-corrected chi connectivity index (χ1v) is 5.16. The molecule has 2 nitrogen and oxygen atoms in total. The number of hydrogen-bond donors (Lipinski definition) is 1. The molecule has 13 heavy (non-hydrogen) atoms. The highest BCUT2D eigenvalue weighted by Gasteiger charge is 2.03. The zero-order valence-electron chi connectivity index (χ0n) is 7.64. The van der Waals surface area contributed by atoms with Gasteiger partial charge in [0, 0.05) is 17.8 Å². The lowest BCUT2D eigenvalue weighted by atomic mass is 10.4. The van der Waals surface area contributed by atoms with Gasteiger partial charge in [0.05, 0.1) is 12.7 Å². The van der Waals surface area contributed by atoms with Crippen molar-refractivity contribution in [2.24, 2.45) is 0 Å². The summed E-state index contributed by atoms with van der Waals surface area (Å²) >= 11 is 1.64. The van der Waals surface area contributed by atoms with E-state index in [4.69, 9.17) is 4.74 Å². The maximum absolute atomic E-state index is 9.36. The Kier molecular flexibility index (Phi) is 4.90. The van der Waals surface area contributed by atoms with E-state index in [1.165, 1.54) is 4.90 Å². The third-order valence-electron chi connectivity index (χ3n) is 1.54. The van der Waals surface area contributed by atoms with E-state index in [1.54, 1.807) is 18.9 Å². The van der Waals surface area contributed by atoms with E-state index in [0.29, 0.717) is 12.4 Å². The van der Waals surface area contributed by atoms with Crippen LogP contribution in [0.5, 0.6) is 0 Å². The first kappa shape index (κ1) is 10.6.